The fourth-order valence-corrected chi connectivity index (χ4v) is 1.98. The highest BCUT2D eigenvalue weighted by Gasteiger charge is 2.24. The largest absolute Gasteiger partial charge is 0.460 e. The number of hydrogen-bond acceptors (Lipinski definition) is 4. The van der Waals surface area contributed by atoms with Crippen molar-refractivity contribution in [3.63, 3.8) is 0 Å². The first-order valence-electron chi connectivity index (χ1n) is 7.33. The standard InChI is InChI=1S/C17H27NO3/c1-13(11-15(19)21-16(2,3)4)18-12-17(5,20)14-9-7-6-8-10-14/h6-10,13,18,20H,11-12H2,1-5H3. The van der Waals surface area contributed by atoms with Gasteiger partial charge < -0.3 is 15.2 Å². The van der Waals surface area contributed by atoms with Gasteiger partial charge in [0.1, 0.15) is 5.60 Å². The monoisotopic (exact) mass is 293 g/mol. The van der Waals surface area contributed by atoms with Crippen LogP contribution in [0.15, 0.2) is 30.3 Å². The number of rotatable bonds is 6. The van der Waals surface area contributed by atoms with Crippen LogP contribution in [0, 0.1) is 0 Å². The molecule has 1 rings (SSSR count). The summed E-state index contributed by atoms with van der Waals surface area (Å²) in [5.41, 5.74) is -0.586. The molecule has 0 aliphatic rings. The molecule has 2 N–H and O–H groups in total. The van der Waals surface area contributed by atoms with Gasteiger partial charge in [-0.3, -0.25) is 4.79 Å². The average molecular weight is 293 g/mol. The topological polar surface area (TPSA) is 58.6 Å². The smallest absolute Gasteiger partial charge is 0.307 e. The van der Waals surface area contributed by atoms with E-state index in [9.17, 15) is 9.90 Å². The Morgan fingerprint density at radius 2 is 1.81 bits per heavy atom. The van der Waals surface area contributed by atoms with Crippen LogP contribution in [0.4, 0.5) is 0 Å². The van der Waals surface area contributed by atoms with E-state index in [0.29, 0.717) is 6.54 Å². The molecule has 0 heterocycles. The lowest BCUT2D eigenvalue weighted by Crippen LogP contribution is -2.41. The van der Waals surface area contributed by atoms with Crippen LogP contribution in [0.5, 0.6) is 0 Å². The first-order valence-corrected chi connectivity index (χ1v) is 7.33. The molecule has 0 bridgehead atoms. The third-order valence-electron chi connectivity index (χ3n) is 3.08. The highest BCUT2D eigenvalue weighted by Crippen LogP contribution is 2.19. The molecule has 21 heavy (non-hydrogen) atoms. The van der Waals surface area contributed by atoms with Crippen LogP contribution in [-0.2, 0) is 15.1 Å². The molecule has 0 aliphatic heterocycles. The number of hydrogen-bond donors (Lipinski definition) is 2. The van der Waals surface area contributed by atoms with Gasteiger partial charge in [-0.1, -0.05) is 30.3 Å². The molecular weight excluding hydrogens is 266 g/mol. The fraction of sp³-hybridized carbons (Fsp3) is 0.588. The summed E-state index contributed by atoms with van der Waals surface area (Å²) in [6.07, 6.45) is 0.280. The Kier molecular flexibility index (Phi) is 5.93. The van der Waals surface area contributed by atoms with Crippen LogP contribution >= 0.6 is 0 Å². The third-order valence-corrected chi connectivity index (χ3v) is 3.08. The van der Waals surface area contributed by atoms with Crippen molar-refractivity contribution in [3.8, 4) is 0 Å². The zero-order valence-electron chi connectivity index (χ0n) is 13.6. The highest BCUT2D eigenvalue weighted by atomic mass is 16.6. The summed E-state index contributed by atoms with van der Waals surface area (Å²) >= 11 is 0. The number of carbonyl (C=O) groups is 1. The van der Waals surface area contributed by atoms with Crippen molar-refractivity contribution in [1.82, 2.24) is 5.32 Å². The van der Waals surface area contributed by atoms with Gasteiger partial charge in [0, 0.05) is 12.6 Å². The molecule has 0 amide bonds. The Balaban J connectivity index is 2.46. The predicted molar refractivity (Wildman–Crippen MR) is 83.9 cm³/mol. The first-order chi connectivity index (χ1) is 9.60. The maximum Gasteiger partial charge on any atom is 0.307 e. The van der Waals surface area contributed by atoms with E-state index in [-0.39, 0.29) is 18.4 Å². The number of nitrogens with one attached hydrogen (secondary N) is 1. The van der Waals surface area contributed by atoms with Gasteiger partial charge >= 0.3 is 5.97 Å². The average Bonchev–Trinajstić information content (AvgIpc) is 2.35. The van der Waals surface area contributed by atoms with E-state index in [2.05, 4.69) is 5.32 Å². The molecule has 2 unspecified atom stereocenters. The van der Waals surface area contributed by atoms with Crippen LogP contribution in [0.2, 0.25) is 0 Å². The lowest BCUT2D eigenvalue weighted by atomic mass is 9.96. The van der Waals surface area contributed by atoms with Crippen LogP contribution in [0.25, 0.3) is 0 Å². The number of benzene rings is 1. The van der Waals surface area contributed by atoms with Crippen molar-refractivity contribution in [1.29, 1.82) is 0 Å². The van der Waals surface area contributed by atoms with E-state index in [1.54, 1.807) is 6.92 Å². The molecule has 0 saturated heterocycles. The van der Waals surface area contributed by atoms with Crippen molar-refractivity contribution in [2.24, 2.45) is 0 Å². The Morgan fingerprint density at radius 1 is 1.24 bits per heavy atom. The second-order valence-electron chi connectivity index (χ2n) is 6.71. The third kappa shape index (κ3) is 6.74. The molecule has 0 aromatic heterocycles. The van der Waals surface area contributed by atoms with E-state index in [0.717, 1.165) is 5.56 Å². The second-order valence-corrected chi connectivity index (χ2v) is 6.71. The summed E-state index contributed by atoms with van der Waals surface area (Å²) in [4.78, 5) is 11.7. The Labute approximate surface area is 127 Å². The summed E-state index contributed by atoms with van der Waals surface area (Å²) in [7, 11) is 0. The van der Waals surface area contributed by atoms with Gasteiger partial charge in [0.2, 0.25) is 0 Å². The minimum absolute atomic E-state index is 0.0602. The van der Waals surface area contributed by atoms with E-state index in [1.807, 2.05) is 58.0 Å². The summed E-state index contributed by atoms with van der Waals surface area (Å²) in [5, 5.41) is 13.7. The van der Waals surface area contributed by atoms with E-state index in [1.165, 1.54) is 0 Å². The zero-order valence-corrected chi connectivity index (χ0v) is 13.6. The Bertz CT molecular complexity index is 449. The second kappa shape index (κ2) is 7.05. The number of ether oxygens (including phenoxy) is 1. The summed E-state index contributed by atoms with van der Waals surface area (Å²) in [6.45, 7) is 9.59. The van der Waals surface area contributed by atoms with Gasteiger partial charge in [0.15, 0.2) is 0 Å². The van der Waals surface area contributed by atoms with Gasteiger partial charge in [-0.05, 0) is 40.2 Å². The highest BCUT2D eigenvalue weighted by molar-refractivity contribution is 5.70. The van der Waals surface area contributed by atoms with Crippen LogP contribution in [0.3, 0.4) is 0 Å². The van der Waals surface area contributed by atoms with Crippen LogP contribution < -0.4 is 5.32 Å². The lowest BCUT2D eigenvalue weighted by molar-refractivity contribution is -0.155. The molecule has 1 aromatic carbocycles. The normalized spacial score (nSPS) is 16.1. The summed E-state index contributed by atoms with van der Waals surface area (Å²) < 4.78 is 5.28. The summed E-state index contributed by atoms with van der Waals surface area (Å²) in [5.74, 6) is -0.234. The molecule has 118 valence electrons. The molecule has 0 radical (unpaired) electrons. The first kappa shape index (κ1) is 17.7. The maximum absolute atomic E-state index is 11.7. The van der Waals surface area contributed by atoms with Gasteiger partial charge in [-0.2, -0.15) is 0 Å². The Hall–Kier alpha value is -1.39. The van der Waals surface area contributed by atoms with Crippen molar-refractivity contribution >= 4 is 5.97 Å². The molecule has 2 atom stereocenters. The SMILES string of the molecule is CC(CC(=O)OC(C)(C)C)NCC(C)(O)c1ccccc1. The minimum atomic E-state index is -0.969. The van der Waals surface area contributed by atoms with Crippen molar-refractivity contribution in [3.05, 3.63) is 35.9 Å². The molecular formula is C17H27NO3. The molecule has 4 nitrogen and oxygen atoms in total. The van der Waals surface area contributed by atoms with Crippen molar-refractivity contribution in [2.45, 2.75) is 58.3 Å². The van der Waals surface area contributed by atoms with Crippen molar-refractivity contribution < 1.29 is 14.6 Å². The number of aliphatic hydroxyl groups is 1. The van der Waals surface area contributed by atoms with Gasteiger partial charge in [0.05, 0.1) is 12.0 Å². The predicted octanol–water partition coefficient (Wildman–Crippen LogP) is 2.60. The summed E-state index contributed by atoms with van der Waals surface area (Å²) in [6, 6.07) is 9.43. The zero-order chi connectivity index (χ0) is 16.1. The van der Waals surface area contributed by atoms with Crippen LogP contribution in [0.1, 0.15) is 46.6 Å². The molecule has 1 aromatic rings. The molecule has 4 heteroatoms. The molecule has 0 spiro atoms. The lowest BCUT2D eigenvalue weighted by Gasteiger charge is -2.27. The minimum Gasteiger partial charge on any atom is -0.460 e. The number of esters is 1. The maximum atomic E-state index is 11.7. The van der Waals surface area contributed by atoms with Gasteiger partial charge in [0.25, 0.3) is 0 Å². The molecule has 0 fully saturated rings. The van der Waals surface area contributed by atoms with E-state index >= 15 is 0 Å². The van der Waals surface area contributed by atoms with Gasteiger partial charge in [-0.15, -0.1) is 0 Å². The number of carbonyl (C=O) groups excluding carboxylic acids is 1. The fourth-order valence-electron chi connectivity index (χ4n) is 1.98. The molecule has 0 aliphatic carbocycles. The quantitative estimate of drug-likeness (QED) is 0.792. The van der Waals surface area contributed by atoms with E-state index in [4.69, 9.17) is 4.74 Å². The van der Waals surface area contributed by atoms with Crippen molar-refractivity contribution in [2.75, 3.05) is 6.54 Å². The van der Waals surface area contributed by atoms with Gasteiger partial charge in [-0.25, -0.2) is 0 Å². The van der Waals surface area contributed by atoms with E-state index < -0.39 is 11.2 Å². The molecule has 0 saturated carbocycles. The Morgan fingerprint density at radius 3 is 2.33 bits per heavy atom. The van der Waals surface area contributed by atoms with Crippen LogP contribution in [-0.4, -0.2) is 29.3 Å².